The third-order valence-corrected chi connectivity index (χ3v) is 6.28. The highest BCUT2D eigenvalue weighted by atomic mass is 35.5. The number of aryl methyl sites for hydroxylation is 1. The van der Waals surface area contributed by atoms with Crippen molar-refractivity contribution in [1.82, 2.24) is 9.88 Å². The van der Waals surface area contributed by atoms with Gasteiger partial charge in [0.25, 0.3) is 5.91 Å². The summed E-state index contributed by atoms with van der Waals surface area (Å²) in [6.07, 6.45) is 0. The van der Waals surface area contributed by atoms with E-state index in [1.807, 2.05) is 38.1 Å². The number of carbonyl (C=O) groups excluding carboxylic acids is 1. The van der Waals surface area contributed by atoms with Crippen LogP contribution in [0.1, 0.15) is 15.9 Å². The van der Waals surface area contributed by atoms with Crippen LogP contribution < -0.4 is 23.8 Å². The lowest BCUT2D eigenvalue weighted by Crippen LogP contribution is -2.36. The average Bonchev–Trinajstić information content (AvgIpc) is 3.24. The highest BCUT2D eigenvalue weighted by Crippen LogP contribution is 2.40. The number of thiazole rings is 1. The smallest absolute Gasteiger partial charge is 0.260 e. The molecule has 0 bridgehead atoms. The Morgan fingerprint density at radius 3 is 2.06 bits per heavy atom. The van der Waals surface area contributed by atoms with Crippen LogP contribution in [0.4, 0.5) is 5.13 Å². The zero-order chi connectivity index (χ0) is 23.4. The van der Waals surface area contributed by atoms with Gasteiger partial charge in [-0.1, -0.05) is 17.4 Å². The number of aromatic nitrogens is 1. The van der Waals surface area contributed by atoms with Crippen LogP contribution in [-0.4, -0.2) is 71.4 Å². The summed E-state index contributed by atoms with van der Waals surface area (Å²) in [4.78, 5) is 22.2. The first-order valence-corrected chi connectivity index (χ1v) is 10.9. The summed E-state index contributed by atoms with van der Waals surface area (Å²) < 4.78 is 22.7. The largest absolute Gasteiger partial charge is 0.494 e. The summed E-state index contributed by atoms with van der Waals surface area (Å²) in [5.41, 5.74) is 2.25. The summed E-state index contributed by atoms with van der Waals surface area (Å²) in [6, 6.07) is 7.21. The van der Waals surface area contributed by atoms with Gasteiger partial charge in [-0.3, -0.25) is 9.69 Å². The van der Waals surface area contributed by atoms with E-state index in [1.54, 1.807) is 24.1 Å². The average molecular weight is 496 g/mol. The normalized spacial score (nSPS) is 10.7. The lowest BCUT2D eigenvalue weighted by atomic mass is 10.1. The van der Waals surface area contributed by atoms with Crippen LogP contribution in [0.2, 0.25) is 0 Å². The molecule has 0 fully saturated rings. The van der Waals surface area contributed by atoms with Crippen molar-refractivity contribution < 1.29 is 23.7 Å². The second-order valence-electron chi connectivity index (χ2n) is 7.43. The van der Waals surface area contributed by atoms with Gasteiger partial charge in [-0.2, -0.15) is 0 Å². The number of carbonyl (C=O) groups is 1. The maximum atomic E-state index is 13.7. The summed E-state index contributed by atoms with van der Waals surface area (Å²) in [6.45, 7) is 3.15. The van der Waals surface area contributed by atoms with Gasteiger partial charge in [0.05, 0.1) is 33.1 Å². The zero-order valence-electron chi connectivity index (χ0n) is 19.9. The molecule has 10 heteroatoms. The van der Waals surface area contributed by atoms with Gasteiger partial charge in [0.15, 0.2) is 16.6 Å². The molecule has 0 aliphatic rings. The van der Waals surface area contributed by atoms with Gasteiger partial charge in [0.2, 0.25) is 5.75 Å². The number of likely N-dealkylation sites (N-methyl/N-ethyl adjacent to an activating group) is 1. The SMILES string of the molecule is COc1cc(C(=O)N(CCN(C)C)c2nc3c(OC)ccc(C)c3s2)cc(OC)c1OC.Cl. The number of hydrogen-bond acceptors (Lipinski definition) is 8. The van der Waals surface area contributed by atoms with Crippen molar-refractivity contribution in [3.8, 4) is 23.0 Å². The van der Waals surface area contributed by atoms with Crippen molar-refractivity contribution in [2.45, 2.75) is 6.92 Å². The maximum Gasteiger partial charge on any atom is 0.260 e. The van der Waals surface area contributed by atoms with Gasteiger partial charge in [-0.05, 0) is 44.8 Å². The third-order valence-electron chi connectivity index (χ3n) is 5.07. The molecule has 8 nitrogen and oxygen atoms in total. The molecule has 0 N–H and O–H groups in total. The van der Waals surface area contributed by atoms with Crippen molar-refractivity contribution in [2.75, 3.05) is 60.5 Å². The maximum absolute atomic E-state index is 13.7. The standard InChI is InChI=1S/C23H29N3O5S.ClH/c1-14-8-9-16(28-4)19-21(14)32-23(24-19)26(11-10-25(2)3)22(27)15-12-17(29-5)20(31-7)18(13-15)30-6;/h8-9,12-13H,10-11H2,1-7H3;1H. The second-order valence-corrected chi connectivity index (χ2v) is 8.41. The summed E-state index contributed by atoms with van der Waals surface area (Å²) in [5, 5.41) is 0.605. The quantitative estimate of drug-likeness (QED) is 0.439. The number of hydrogen-bond donors (Lipinski definition) is 0. The third kappa shape index (κ3) is 5.43. The lowest BCUT2D eigenvalue weighted by Gasteiger charge is -2.23. The number of anilines is 1. The predicted octanol–water partition coefficient (Wildman–Crippen LogP) is 4.27. The summed E-state index contributed by atoms with van der Waals surface area (Å²) in [5.74, 6) is 1.75. The molecule has 0 radical (unpaired) electrons. The Morgan fingerprint density at radius 1 is 0.939 bits per heavy atom. The molecule has 2 aromatic carbocycles. The number of methoxy groups -OCH3 is 4. The van der Waals surface area contributed by atoms with Crippen LogP contribution in [0.5, 0.6) is 23.0 Å². The van der Waals surface area contributed by atoms with Crippen LogP contribution in [0.25, 0.3) is 10.2 Å². The number of halogens is 1. The van der Waals surface area contributed by atoms with E-state index in [1.165, 1.54) is 32.7 Å². The minimum absolute atomic E-state index is 0. The van der Waals surface area contributed by atoms with Crippen LogP contribution in [0.15, 0.2) is 24.3 Å². The minimum Gasteiger partial charge on any atom is -0.494 e. The van der Waals surface area contributed by atoms with Crippen LogP contribution in [0, 0.1) is 6.92 Å². The number of fused-ring (bicyclic) bond motifs is 1. The molecule has 0 aliphatic heterocycles. The molecule has 0 unspecified atom stereocenters. The molecule has 0 aliphatic carbocycles. The minimum atomic E-state index is -0.207. The van der Waals surface area contributed by atoms with Gasteiger partial charge in [-0.15, -0.1) is 12.4 Å². The molecule has 1 heterocycles. The Balaban J connectivity index is 0.00000385. The first-order valence-electron chi connectivity index (χ1n) is 10.0. The van der Waals surface area contributed by atoms with Crippen LogP contribution >= 0.6 is 23.7 Å². The Kier molecular flexibility index (Phi) is 9.16. The highest BCUT2D eigenvalue weighted by molar-refractivity contribution is 7.22. The van der Waals surface area contributed by atoms with Crippen LogP contribution in [-0.2, 0) is 0 Å². The molecule has 0 spiro atoms. The van der Waals surface area contributed by atoms with E-state index in [-0.39, 0.29) is 18.3 Å². The van der Waals surface area contributed by atoms with E-state index in [2.05, 4.69) is 0 Å². The van der Waals surface area contributed by atoms with E-state index in [0.29, 0.717) is 46.8 Å². The Labute approximate surface area is 204 Å². The Bertz CT molecular complexity index is 1090. The predicted molar refractivity (Wildman–Crippen MR) is 134 cm³/mol. The molecule has 0 atom stereocenters. The van der Waals surface area contributed by atoms with Gasteiger partial charge in [-0.25, -0.2) is 4.98 Å². The summed E-state index contributed by atoms with van der Waals surface area (Å²) >= 11 is 1.47. The molecule has 1 aromatic heterocycles. The Morgan fingerprint density at radius 2 is 1.55 bits per heavy atom. The van der Waals surface area contributed by atoms with Crippen molar-refractivity contribution in [1.29, 1.82) is 0 Å². The lowest BCUT2D eigenvalue weighted by molar-refractivity contribution is 0.0984. The van der Waals surface area contributed by atoms with Crippen molar-refractivity contribution in [3.63, 3.8) is 0 Å². The van der Waals surface area contributed by atoms with E-state index >= 15 is 0 Å². The Hall–Kier alpha value is -2.75. The van der Waals surface area contributed by atoms with E-state index in [0.717, 1.165) is 15.8 Å². The molecule has 180 valence electrons. The first-order chi connectivity index (χ1) is 15.3. The van der Waals surface area contributed by atoms with E-state index < -0.39 is 0 Å². The fourth-order valence-electron chi connectivity index (χ4n) is 3.32. The fourth-order valence-corrected chi connectivity index (χ4v) is 4.40. The highest BCUT2D eigenvalue weighted by Gasteiger charge is 2.25. The number of benzene rings is 2. The molecular formula is C23H30ClN3O5S. The molecule has 3 aromatic rings. The topological polar surface area (TPSA) is 73.4 Å². The van der Waals surface area contributed by atoms with Crippen molar-refractivity contribution >= 4 is 45.0 Å². The molecule has 0 saturated carbocycles. The number of amides is 1. The summed E-state index contributed by atoms with van der Waals surface area (Å²) in [7, 11) is 10.1. The van der Waals surface area contributed by atoms with Gasteiger partial charge in [0, 0.05) is 18.7 Å². The zero-order valence-corrected chi connectivity index (χ0v) is 21.6. The fraction of sp³-hybridized carbons (Fsp3) is 0.391. The first kappa shape index (κ1) is 26.5. The molecule has 1 amide bonds. The number of ether oxygens (including phenoxy) is 4. The molecular weight excluding hydrogens is 466 g/mol. The van der Waals surface area contributed by atoms with Crippen molar-refractivity contribution in [2.24, 2.45) is 0 Å². The number of nitrogens with zero attached hydrogens (tertiary/aromatic N) is 3. The van der Waals surface area contributed by atoms with E-state index in [4.69, 9.17) is 23.9 Å². The van der Waals surface area contributed by atoms with Crippen molar-refractivity contribution in [3.05, 3.63) is 35.4 Å². The van der Waals surface area contributed by atoms with Gasteiger partial charge < -0.3 is 23.8 Å². The number of rotatable bonds is 9. The van der Waals surface area contributed by atoms with E-state index in [9.17, 15) is 4.79 Å². The monoisotopic (exact) mass is 495 g/mol. The molecule has 0 saturated heterocycles. The van der Waals surface area contributed by atoms with Gasteiger partial charge >= 0.3 is 0 Å². The molecule has 33 heavy (non-hydrogen) atoms. The molecule has 3 rings (SSSR count). The van der Waals surface area contributed by atoms with Gasteiger partial charge in [0.1, 0.15) is 11.3 Å². The van der Waals surface area contributed by atoms with Crippen LogP contribution in [0.3, 0.4) is 0 Å². The second kappa shape index (κ2) is 11.4.